The zero-order valence-electron chi connectivity index (χ0n) is 10.9. The number of carbonyl (C=O) groups is 1. The van der Waals surface area contributed by atoms with Crippen molar-refractivity contribution in [2.45, 2.75) is 9.79 Å². The summed E-state index contributed by atoms with van der Waals surface area (Å²) in [6.07, 6.45) is 0. The van der Waals surface area contributed by atoms with Crippen LogP contribution in [0.25, 0.3) is 0 Å². The first-order valence-electron chi connectivity index (χ1n) is 5.97. The second-order valence-electron chi connectivity index (χ2n) is 4.52. The Morgan fingerprint density at radius 1 is 1.13 bits per heavy atom. The third-order valence-corrected chi connectivity index (χ3v) is 4.20. The Morgan fingerprint density at radius 3 is 2.39 bits per heavy atom. The highest BCUT2D eigenvalue weighted by Crippen LogP contribution is 2.49. The summed E-state index contributed by atoms with van der Waals surface area (Å²) in [6, 6.07) is 2.66. The highest BCUT2D eigenvalue weighted by molar-refractivity contribution is 7.99. The van der Waals surface area contributed by atoms with Gasteiger partial charge in [-0.05, 0) is 12.1 Å². The first-order valence-corrected chi connectivity index (χ1v) is 6.79. The number of anilines is 2. The van der Waals surface area contributed by atoms with Crippen LogP contribution in [0.4, 0.5) is 30.2 Å². The van der Waals surface area contributed by atoms with Gasteiger partial charge in [-0.15, -0.1) is 0 Å². The molecule has 1 aliphatic heterocycles. The molecular formula is C13H5F3N2O4S. The average Bonchev–Trinajstić information content (AvgIpc) is 2.50. The smallest absolute Gasteiger partial charge is 0.335 e. The molecule has 10 heteroatoms. The number of benzene rings is 2. The Balaban J connectivity index is 2.23. The Labute approximate surface area is 130 Å². The number of halogens is 3. The maximum absolute atomic E-state index is 13.8. The predicted molar refractivity (Wildman–Crippen MR) is 73.8 cm³/mol. The minimum absolute atomic E-state index is 0.0502. The zero-order valence-corrected chi connectivity index (χ0v) is 11.7. The van der Waals surface area contributed by atoms with Gasteiger partial charge in [0.1, 0.15) is 5.69 Å². The van der Waals surface area contributed by atoms with Crippen molar-refractivity contribution in [3.8, 4) is 0 Å². The van der Waals surface area contributed by atoms with Crippen LogP contribution in [0.1, 0.15) is 10.4 Å². The lowest BCUT2D eigenvalue weighted by molar-refractivity contribution is -0.384. The van der Waals surface area contributed by atoms with E-state index in [2.05, 4.69) is 5.32 Å². The number of aromatic carboxylic acids is 1. The van der Waals surface area contributed by atoms with Crippen LogP contribution in [0.5, 0.6) is 0 Å². The zero-order chi connectivity index (χ0) is 16.9. The van der Waals surface area contributed by atoms with Crippen LogP contribution in [0.15, 0.2) is 28.0 Å². The van der Waals surface area contributed by atoms with E-state index in [9.17, 15) is 28.1 Å². The topological polar surface area (TPSA) is 92.5 Å². The van der Waals surface area contributed by atoms with Crippen molar-refractivity contribution in [1.82, 2.24) is 0 Å². The number of hydrogen-bond donors (Lipinski definition) is 2. The van der Waals surface area contributed by atoms with Gasteiger partial charge in [-0.2, -0.15) is 0 Å². The maximum Gasteiger partial charge on any atom is 0.335 e. The third kappa shape index (κ3) is 2.36. The molecule has 6 nitrogen and oxygen atoms in total. The molecule has 0 atom stereocenters. The van der Waals surface area contributed by atoms with Crippen molar-refractivity contribution in [1.29, 1.82) is 0 Å². The molecular weight excluding hydrogens is 337 g/mol. The molecule has 0 aliphatic carbocycles. The van der Waals surface area contributed by atoms with Crippen LogP contribution in [0.3, 0.4) is 0 Å². The van der Waals surface area contributed by atoms with Crippen molar-refractivity contribution < 1.29 is 28.0 Å². The number of nitro groups is 1. The van der Waals surface area contributed by atoms with Crippen LogP contribution >= 0.6 is 11.8 Å². The number of carboxylic acids is 1. The number of hydrogen-bond acceptors (Lipinski definition) is 5. The molecule has 0 amide bonds. The van der Waals surface area contributed by atoms with Gasteiger partial charge >= 0.3 is 5.97 Å². The Morgan fingerprint density at radius 2 is 1.78 bits per heavy atom. The van der Waals surface area contributed by atoms with E-state index >= 15 is 0 Å². The fraction of sp³-hybridized carbons (Fsp3) is 0. The summed E-state index contributed by atoms with van der Waals surface area (Å²) >= 11 is 0.706. The van der Waals surface area contributed by atoms with Crippen molar-refractivity contribution in [2.24, 2.45) is 0 Å². The molecule has 0 saturated carbocycles. The molecule has 0 unspecified atom stereocenters. The molecule has 1 aliphatic rings. The molecule has 2 aromatic rings. The van der Waals surface area contributed by atoms with Gasteiger partial charge in [0.2, 0.25) is 0 Å². The van der Waals surface area contributed by atoms with Gasteiger partial charge in [0, 0.05) is 15.9 Å². The van der Waals surface area contributed by atoms with E-state index in [1.165, 1.54) is 0 Å². The Bertz CT molecular complexity index is 888. The number of nitrogens with one attached hydrogen (secondary N) is 1. The molecule has 0 bridgehead atoms. The molecule has 1 heterocycles. The van der Waals surface area contributed by atoms with Gasteiger partial charge in [0.25, 0.3) is 5.69 Å². The summed E-state index contributed by atoms with van der Waals surface area (Å²) in [5, 5.41) is 22.4. The van der Waals surface area contributed by atoms with E-state index in [1.54, 1.807) is 0 Å². The van der Waals surface area contributed by atoms with Crippen LogP contribution < -0.4 is 5.32 Å². The number of rotatable bonds is 2. The van der Waals surface area contributed by atoms with E-state index in [1.807, 2.05) is 0 Å². The van der Waals surface area contributed by atoms with Gasteiger partial charge in [0.15, 0.2) is 17.5 Å². The van der Waals surface area contributed by atoms with E-state index < -0.39 is 39.7 Å². The normalized spacial score (nSPS) is 12.1. The molecule has 0 saturated heterocycles. The van der Waals surface area contributed by atoms with Crippen molar-refractivity contribution in [3.63, 3.8) is 0 Å². The van der Waals surface area contributed by atoms with E-state index in [0.717, 1.165) is 18.2 Å². The third-order valence-electron chi connectivity index (χ3n) is 3.12. The SMILES string of the molecule is O=C(O)c1cc2c(c([N+](=O)[O-])c1)Nc1c(cc(F)c(F)c1F)S2. The van der Waals surface area contributed by atoms with Crippen LogP contribution in [0, 0.1) is 27.6 Å². The second-order valence-corrected chi connectivity index (χ2v) is 5.60. The second kappa shape index (κ2) is 5.16. The number of nitro benzene ring substituents is 1. The Hall–Kier alpha value is -2.75. The largest absolute Gasteiger partial charge is 0.478 e. The molecule has 2 aromatic carbocycles. The fourth-order valence-corrected chi connectivity index (χ4v) is 3.17. The number of nitrogens with zero attached hydrogens (tertiary/aromatic N) is 1. The summed E-state index contributed by atoms with van der Waals surface area (Å²) < 4.78 is 40.4. The lowest BCUT2D eigenvalue weighted by Crippen LogP contribution is -2.09. The molecule has 2 N–H and O–H groups in total. The van der Waals surface area contributed by atoms with Crippen molar-refractivity contribution in [2.75, 3.05) is 5.32 Å². The summed E-state index contributed by atoms with van der Waals surface area (Å²) in [6.45, 7) is 0. The van der Waals surface area contributed by atoms with E-state index in [-0.39, 0.29) is 21.0 Å². The molecule has 0 spiro atoms. The molecule has 118 valence electrons. The molecule has 0 aromatic heterocycles. The maximum atomic E-state index is 13.8. The minimum Gasteiger partial charge on any atom is -0.478 e. The number of carboxylic acid groups (broad SMARTS) is 1. The van der Waals surface area contributed by atoms with Crippen LogP contribution in [-0.2, 0) is 0 Å². The minimum atomic E-state index is -1.70. The average molecular weight is 342 g/mol. The van der Waals surface area contributed by atoms with Crippen molar-refractivity contribution in [3.05, 3.63) is 51.3 Å². The van der Waals surface area contributed by atoms with E-state index in [4.69, 9.17) is 5.11 Å². The first-order chi connectivity index (χ1) is 10.8. The summed E-state index contributed by atoms with van der Waals surface area (Å²) in [4.78, 5) is 21.3. The number of fused-ring (bicyclic) bond motifs is 2. The monoisotopic (exact) mass is 342 g/mol. The molecule has 3 rings (SSSR count). The lowest BCUT2D eigenvalue weighted by atomic mass is 10.1. The molecule has 23 heavy (non-hydrogen) atoms. The van der Waals surface area contributed by atoms with Gasteiger partial charge in [-0.3, -0.25) is 10.1 Å². The molecule has 0 radical (unpaired) electrons. The van der Waals surface area contributed by atoms with Gasteiger partial charge in [-0.25, -0.2) is 18.0 Å². The first kappa shape index (κ1) is 15.2. The fourth-order valence-electron chi connectivity index (χ4n) is 2.09. The van der Waals surface area contributed by atoms with Crippen LogP contribution in [-0.4, -0.2) is 16.0 Å². The predicted octanol–water partition coefficient (Wildman–Crippen LogP) is 3.92. The quantitative estimate of drug-likeness (QED) is 0.417. The van der Waals surface area contributed by atoms with Crippen LogP contribution in [0.2, 0.25) is 0 Å². The summed E-state index contributed by atoms with van der Waals surface area (Å²) in [5.74, 6) is -6.01. The lowest BCUT2D eigenvalue weighted by Gasteiger charge is -2.21. The van der Waals surface area contributed by atoms with E-state index in [0.29, 0.717) is 11.8 Å². The highest BCUT2D eigenvalue weighted by Gasteiger charge is 2.30. The summed E-state index contributed by atoms with van der Waals surface area (Å²) in [5.41, 5.74) is -1.58. The van der Waals surface area contributed by atoms with Gasteiger partial charge in [-0.1, -0.05) is 11.8 Å². The highest BCUT2D eigenvalue weighted by atomic mass is 32.2. The van der Waals surface area contributed by atoms with Crippen molar-refractivity contribution >= 4 is 34.8 Å². The standard InChI is InChI=1S/C13H5F3N2O4S/c14-5-3-8-12(10(16)9(5)15)17-11-6(18(21)22)1-4(13(19)20)2-7(11)23-8/h1-3,17H,(H,19,20). The van der Waals surface area contributed by atoms with Gasteiger partial charge < -0.3 is 10.4 Å². The Kier molecular flexibility index (Phi) is 3.40. The van der Waals surface area contributed by atoms with Gasteiger partial charge in [0.05, 0.1) is 16.2 Å². The summed E-state index contributed by atoms with van der Waals surface area (Å²) in [7, 11) is 0. The molecule has 0 fully saturated rings.